The number of carboxylic acids is 1. The summed E-state index contributed by atoms with van der Waals surface area (Å²) in [6, 6.07) is -1.22. The van der Waals surface area contributed by atoms with Gasteiger partial charge in [0.1, 0.15) is 6.04 Å². The molecule has 2 aliphatic heterocycles. The molecule has 4 bridgehead atoms. The van der Waals surface area contributed by atoms with E-state index in [4.69, 9.17) is 0 Å². The predicted octanol–water partition coefficient (Wildman–Crippen LogP) is 3.17. The van der Waals surface area contributed by atoms with Crippen LogP contribution in [0.2, 0.25) is 0 Å². The van der Waals surface area contributed by atoms with Crippen LogP contribution in [0.4, 0.5) is 0 Å². The molecule has 2 heterocycles. The minimum absolute atomic E-state index is 0.0282. The first kappa shape index (κ1) is 25.9. The lowest BCUT2D eigenvalue weighted by molar-refractivity contribution is -0.155. The number of halogens is 4. The first-order valence-electron chi connectivity index (χ1n) is 12.6. The molecule has 0 aromatic heterocycles. The third-order valence-electron chi connectivity index (χ3n) is 9.81. The second kappa shape index (κ2) is 9.11. The number of unbranched alkanes of at least 4 members (excludes halogenated alkanes) is 1. The molecule has 0 aromatic rings. The molecule has 13 atom stereocenters. The van der Waals surface area contributed by atoms with Crippen molar-refractivity contribution in [3.05, 3.63) is 0 Å². The van der Waals surface area contributed by atoms with Crippen molar-refractivity contribution in [3.8, 4) is 0 Å². The van der Waals surface area contributed by atoms with Crippen molar-refractivity contribution in [2.45, 2.75) is 57.5 Å². The van der Waals surface area contributed by atoms with Crippen LogP contribution in [0.5, 0.6) is 0 Å². The maximum Gasteiger partial charge on any atom is 0.326 e. The Morgan fingerprint density at radius 1 is 0.722 bits per heavy atom. The highest BCUT2D eigenvalue weighted by Gasteiger charge is 2.68. The molecular formula is C24H26Br4N2O6. The number of carbonyl (C=O) groups is 5. The van der Waals surface area contributed by atoms with E-state index >= 15 is 0 Å². The number of rotatable bonds is 7. The van der Waals surface area contributed by atoms with Gasteiger partial charge in [-0.25, -0.2) is 4.79 Å². The maximum atomic E-state index is 13.2. The fraction of sp³-hybridized carbons (Fsp3) is 0.792. The summed E-state index contributed by atoms with van der Waals surface area (Å²) >= 11 is 14.7. The molecule has 2 saturated heterocycles. The van der Waals surface area contributed by atoms with E-state index in [-0.39, 0.29) is 91.4 Å². The number of carbonyl (C=O) groups excluding carboxylic acids is 4. The molecule has 0 aromatic carbocycles. The molecule has 4 aliphatic carbocycles. The van der Waals surface area contributed by atoms with Crippen molar-refractivity contribution in [1.82, 2.24) is 9.80 Å². The van der Waals surface area contributed by atoms with Crippen LogP contribution in [-0.4, -0.2) is 76.4 Å². The number of hydrogen-bond acceptors (Lipinski definition) is 5. The van der Waals surface area contributed by atoms with Crippen LogP contribution in [0, 0.1) is 47.3 Å². The standard InChI is InChI=1S/C24H26Br4N2O6/c25-16-7-5-8(17(16)26)13-12(7)20(31)29(21(13)32)4-2-1-3-11(24(35)36)30-22(33)14-9-6-10(15(14)23(30)34)19(28)18(9)27/h7-19H,1-6H2,(H,35,36)/t7-,8-,9-,10-,11+,12-,13+,14-,15+,16-,17+,18+,19+/m1/s1. The Labute approximate surface area is 242 Å². The van der Waals surface area contributed by atoms with Gasteiger partial charge in [0.15, 0.2) is 0 Å². The lowest BCUT2D eigenvalue weighted by Crippen LogP contribution is -2.46. The minimum Gasteiger partial charge on any atom is -0.480 e. The number of carboxylic acid groups (broad SMARTS) is 1. The Bertz CT molecular complexity index is 994. The molecule has 1 N–H and O–H groups in total. The summed E-state index contributed by atoms with van der Waals surface area (Å²) < 4.78 is 0. The zero-order valence-electron chi connectivity index (χ0n) is 19.1. The summed E-state index contributed by atoms with van der Waals surface area (Å²) in [4.78, 5) is 67.7. The minimum atomic E-state index is -1.22. The van der Waals surface area contributed by atoms with E-state index in [1.165, 1.54) is 4.90 Å². The van der Waals surface area contributed by atoms with Crippen LogP contribution < -0.4 is 0 Å². The van der Waals surface area contributed by atoms with Crippen LogP contribution in [0.1, 0.15) is 32.1 Å². The van der Waals surface area contributed by atoms with E-state index in [1.807, 2.05) is 0 Å². The van der Waals surface area contributed by atoms with Gasteiger partial charge in [-0.05, 0) is 55.8 Å². The molecule has 4 saturated carbocycles. The number of likely N-dealkylation sites (tertiary alicyclic amines) is 2. The quantitative estimate of drug-likeness (QED) is 0.243. The van der Waals surface area contributed by atoms with Gasteiger partial charge in [0.25, 0.3) is 0 Å². The Hall–Kier alpha value is -0.330. The number of amides is 4. The highest BCUT2D eigenvalue weighted by Crippen LogP contribution is 2.61. The number of nitrogens with zero attached hydrogens (tertiary/aromatic N) is 2. The van der Waals surface area contributed by atoms with Crippen LogP contribution in [0.15, 0.2) is 0 Å². The van der Waals surface area contributed by atoms with E-state index < -0.39 is 23.8 Å². The molecule has 0 spiro atoms. The Morgan fingerprint density at radius 3 is 1.50 bits per heavy atom. The second-order valence-corrected chi connectivity index (χ2v) is 15.5. The molecule has 12 heteroatoms. The van der Waals surface area contributed by atoms with Crippen molar-refractivity contribution in [2.24, 2.45) is 47.3 Å². The lowest BCUT2D eigenvalue weighted by Gasteiger charge is -2.28. The normalized spacial score (nSPS) is 47.3. The van der Waals surface area contributed by atoms with Gasteiger partial charge in [-0.15, -0.1) is 0 Å². The van der Waals surface area contributed by atoms with Crippen molar-refractivity contribution in [2.75, 3.05) is 6.54 Å². The van der Waals surface area contributed by atoms with Crippen molar-refractivity contribution < 1.29 is 29.1 Å². The Balaban J connectivity index is 1.09. The first-order chi connectivity index (χ1) is 17.1. The molecule has 6 rings (SSSR count). The molecule has 36 heavy (non-hydrogen) atoms. The van der Waals surface area contributed by atoms with Gasteiger partial charge in [0, 0.05) is 25.9 Å². The fourth-order valence-electron chi connectivity index (χ4n) is 8.28. The number of fused-ring (bicyclic) bond motifs is 10. The average molecular weight is 758 g/mol. The lowest BCUT2D eigenvalue weighted by atomic mass is 9.81. The van der Waals surface area contributed by atoms with Crippen LogP contribution in [-0.2, 0) is 24.0 Å². The van der Waals surface area contributed by atoms with Crippen LogP contribution >= 0.6 is 63.7 Å². The molecule has 0 unspecified atom stereocenters. The first-order valence-corrected chi connectivity index (χ1v) is 16.2. The molecule has 6 fully saturated rings. The van der Waals surface area contributed by atoms with Crippen molar-refractivity contribution in [3.63, 3.8) is 0 Å². The van der Waals surface area contributed by atoms with Gasteiger partial charge < -0.3 is 5.11 Å². The summed E-state index contributed by atoms with van der Waals surface area (Å²) in [5.74, 6) is -3.21. The fourth-order valence-corrected chi connectivity index (χ4v) is 12.0. The third-order valence-corrected chi connectivity index (χ3v) is 16.2. The zero-order chi connectivity index (χ0) is 25.8. The molecular weight excluding hydrogens is 732 g/mol. The number of imide groups is 2. The summed E-state index contributed by atoms with van der Waals surface area (Å²) in [6.45, 7) is 0.240. The SMILES string of the molecule is O=C(O)[C@H](CCCCN1C(=O)[C@@H]2[C@H]3C[C@@H]([C@H](Br)[C@@H]3Br)[C@@H]2C1=O)N1C(=O)[C@@H]2[C@H]3C[C@@H]([C@H](Br)[C@H]3Br)[C@@H]2C1=O. The van der Waals surface area contributed by atoms with Crippen molar-refractivity contribution in [1.29, 1.82) is 0 Å². The highest BCUT2D eigenvalue weighted by molar-refractivity contribution is 9.12. The number of alkyl halides is 4. The number of aliphatic carboxylic acids is 1. The van der Waals surface area contributed by atoms with Gasteiger partial charge in [-0.2, -0.15) is 0 Å². The van der Waals surface area contributed by atoms with Crippen molar-refractivity contribution >= 4 is 93.3 Å². The Kier molecular flexibility index (Phi) is 6.56. The summed E-state index contributed by atoms with van der Waals surface area (Å²) in [5, 5.41) is 9.91. The molecule has 0 radical (unpaired) electrons. The summed E-state index contributed by atoms with van der Waals surface area (Å²) in [7, 11) is 0. The highest BCUT2D eigenvalue weighted by atomic mass is 79.9. The third kappa shape index (κ3) is 3.41. The van der Waals surface area contributed by atoms with Crippen LogP contribution in [0.3, 0.4) is 0 Å². The van der Waals surface area contributed by atoms with E-state index in [9.17, 15) is 29.1 Å². The van der Waals surface area contributed by atoms with Gasteiger partial charge in [-0.3, -0.25) is 29.0 Å². The van der Waals surface area contributed by atoms with Gasteiger partial charge in [-0.1, -0.05) is 63.7 Å². The van der Waals surface area contributed by atoms with Crippen LogP contribution in [0.25, 0.3) is 0 Å². The van der Waals surface area contributed by atoms with E-state index in [0.717, 1.165) is 17.7 Å². The molecule has 196 valence electrons. The topological polar surface area (TPSA) is 112 Å². The second-order valence-electron chi connectivity index (χ2n) is 11.2. The number of hydrogen-bond donors (Lipinski definition) is 1. The monoisotopic (exact) mass is 754 g/mol. The smallest absolute Gasteiger partial charge is 0.326 e. The molecule has 4 amide bonds. The molecule has 6 aliphatic rings. The van der Waals surface area contributed by atoms with E-state index in [0.29, 0.717) is 12.8 Å². The van der Waals surface area contributed by atoms with Gasteiger partial charge in [0.05, 0.1) is 23.7 Å². The largest absolute Gasteiger partial charge is 0.480 e. The average Bonchev–Trinajstić information content (AvgIpc) is 3.63. The van der Waals surface area contributed by atoms with Gasteiger partial charge >= 0.3 is 5.97 Å². The summed E-state index contributed by atoms with van der Waals surface area (Å²) in [6.07, 6.45) is 2.60. The zero-order valence-corrected chi connectivity index (χ0v) is 25.5. The predicted molar refractivity (Wildman–Crippen MR) is 142 cm³/mol. The van der Waals surface area contributed by atoms with E-state index in [1.54, 1.807) is 0 Å². The van der Waals surface area contributed by atoms with E-state index in [2.05, 4.69) is 63.7 Å². The summed E-state index contributed by atoms with van der Waals surface area (Å²) in [5.41, 5.74) is 0. The Morgan fingerprint density at radius 2 is 1.11 bits per heavy atom. The molecule has 8 nitrogen and oxygen atoms in total. The maximum absolute atomic E-state index is 13.2. The van der Waals surface area contributed by atoms with Gasteiger partial charge in [0.2, 0.25) is 23.6 Å².